The predicted molar refractivity (Wildman–Crippen MR) is 101 cm³/mol. The summed E-state index contributed by atoms with van der Waals surface area (Å²) in [5.41, 5.74) is -0.125. The quantitative estimate of drug-likeness (QED) is 0.170. The van der Waals surface area contributed by atoms with Gasteiger partial charge in [-0.1, -0.05) is 15.9 Å². The summed E-state index contributed by atoms with van der Waals surface area (Å²) in [5, 5.41) is 8.99. The van der Waals surface area contributed by atoms with Crippen LogP contribution < -0.4 is 4.74 Å². The fourth-order valence-corrected chi connectivity index (χ4v) is 3.29. The Hall–Kier alpha value is -2.83. The third kappa shape index (κ3) is 6.84. The van der Waals surface area contributed by atoms with Gasteiger partial charge < -0.3 is 19.0 Å². The summed E-state index contributed by atoms with van der Waals surface area (Å²) in [6, 6.07) is 3.06. The number of hydrogen-bond donors (Lipinski definition) is 0. The van der Waals surface area contributed by atoms with Crippen molar-refractivity contribution in [3.05, 3.63) is 43.4 Å². The highest BCUT2D eigenvalue weighted by Gasteiger charge is 2.49. The van der Waals surface area contributed by atoms with E-state index < -0.39 is 41.2 Å². The number of hydrogen-bond acceptors (Lipinski definition) is 8. The van der Waals surface area contributed by atoms with Gasteiger partial charge in [0, 0.05) is 23.4 Å². The first kappa shape index (κ1) is 24.4. The predicted octanol–water partition coefficient (Wildman–Crippen LogP) is 3.89. The molecule has 2 atom stereocenters. The van der Waals surface area contributed by atoms with Crippen LogP contribution in [0, 0.1) is 17.0 Å². The second-order valence-electron chi connectivity index (χ2n) is 6.40. The highest BCUT2D eigenvalue weighted by molar-refractivity contribution is 9.10. The zero-order valence-electron chi connectivity index (χ0n) is 16.2. The van der Waals surface area contributed by atoms with Gasteiger partial charge in [-0.05, 0) is 37.1 Å². The van der Waals surface area contributed by atoms with Crippen molar-refractivity contribution >= 4 is 33.9 Å². The summed E-state index contributed by atoms with van der Waals surface area (Å²) < 4.78 is 55.8. The van der Waals surface area contributed by atoms with E-state index >= 15 is 0 Å². The van der Waals surface area contributed by atoms with Crippen LogP contribution in [0.4, 0.5) is 13.2 Å². The first-order valence-electron chi connectivity index (χ1n) is 8.81. The number of alkyl halides is 3. The van der Waals surface area contributed by atoms with Crippen molar-refractivity contribution in [1.82, 2.24) is 0 Å². The zero-order chi connectivity index (χ0) is 23.3. The Morgan fingerprint density at radius 1 is 1.32 bits per heavy atom. The minimum absolute atomic E-state index is 0.0153. The van der Waals surface area contributed by atoms with Crippen LogP contribution in [-0.4, -0.2) is 42.2 Å². The number of carbonyl (C=O) groups is 2. The molecule has 2 unspecified atom stereocenters. The third-order valence-corrected chi connectivity index (χ3v) is 4.38. The smallest absolute Gasteiger partial charge is 0.430 e. The van der Waals surface area contributed by atoms with Crippen molar-refractivity contribution in [2.24, 2.45) is 0 Å². The molecule has 0 radical (unpaired) electrons. The molecule has 0 saturated carbocycles. The number of fused-ring (bicyclic) bond motifs is 1. The van der Waals surface area contributed by atoms with Crippen LogP contribution in [0.3, 0.4) is 0 Å². The van der Waals surface area contributed by atoms with E-state index in [-0.39, 0.29) is 30.8 Å². The molecule has 0 bridgehead atoms. The molecule has 0 amide bonds. The second-order valence-corrected chi connectivity index (χ2v) is 7.32. The van der Waals surface area contributed by atoms with Gasteiger partial charge >= 0.3 is 18.1 Å². The van der Waals surface area contributed by atoms with Gasteiger partial charge in [0.15, 0.2) is 0 Å². The topological polar surface area (TPSA) is 114 Å². The number of rotatable bonds is 8. The molecule has 13 heteroatoms. The lowest BCUT2D eigenvalue weighted by atomic mass is 9.99. The number of nitrogens with zero attached hydrogens (tertiary/aromatic N) is 1. The second kappa shape index (κ2) is 9.98. The molecular formula is C18H17BrF3NO8. The number of halogens is 4. The molecule has 2 rings (SSSR count). The molecule has 1 aliphatic heterocycles. The molecule has 0 aromatic heterocycles. The van der Waals surface area contributed by atoms with Gasteiger partial charge in [0.05, 0.1) is 12.2 Å². The SMILES string of the molecule is Cc1cc(Br)cc2c1OC(C(F)(F)F)C(C(=O)OC(C)OC(=O)CCCO[N+](=O)[O-])=C2. The van der Waals surface area contributed by atoms with Crippen LogP contribution in [0.5, 0.6) is 5.75 Å². The van der Waals surface area contributed by atoms with Crippen molar-refractivity contribution in [2.75, 3.05) is 6.61 Å². The summed E-state index contributed by atoms with van der Waals surface area (Å²) in [6.45, 7) is 2.36. The van der Waals surface area contributed by atoms with Gasteiger partial charge in [0.25, 0.3) is 5.09 Å². The van der Waals surface area contributed by atoms with E-state index in [4.69, 9.17) is 14.2 Å². The van der Waals surface area contributed by atoms with E-state index in [1.54, 1.807) is 13.0 Å². The van der Waals surface area contributed by atoms with Crippen LogP contribution in [0.25, 0.3) is 6.08 Å². The minimum atomic E-state index is -4.90. The van der Waals surface area contributed by atoms with E-state index in [0.29, 0.717) is 10.0 Å². The van der Waals surface area contributed by atoms with Gasteiger partial charge in [-0.3, -0.25) is 4.79 Å². The Morgan fingerprint density at radius 3 is 2.61 bits per heavy atom. The third-order valence-electron chi connectivity index (χ3n) is 3.92. The average Bonchev–Trinajstić information content (AvgIpc) is 2.63. The molecule has 1 aromatic carbocycles. The summed E-state index contributed by atoms with van der Waals surface area (Å²) in [6.07, 6.45) is -8.28. The Morgan fingerprint density at radius 2 is 2.00 bits per heavy atom. The number of esters is 2. The van der Waals surface area contributed by atoms with Crippen molar-refractivity contribution in [1.29, 1.82) is 0 Å². The normalized spacial score (nSPS) is 16.3. The van der Waals surface area contributed by atoms with Gasteiger partial charge in [-0.15, -0.1) is 10.1 Å². The van der Waals surface area contributed by atoms with E-state index in [0.717, 1.165) is 13.0 Å². The Balaban J connectivity index is 2.09. The van der Waals surface area contributed by atoms with Crippen LogP contribution in [0.1, 0.15) is 30.9 Å². The lowest BCUT2D eigenvalue weighted by molar-refractivity contribution is -0.757. The van der Waals surface area contributed by atoms with E-state index in [1.165, 1.54) is 6.07 Å². The summed E-state index contributed by atoms with van der Waals surface area (Å²) in [5.74, 6) is -2.26. The molecule has 31 heavy (non-hydrogen) atoms. The Kier molecular flexibility index (Phi) is 7.87. The Bertz CT molecular complexity index is 903. The lowest BCUT2D eigenvalue weighted by Crippen LogP contribution is -2.41. The van der Waals surface area contributed by atoms with Crippen molar-refractivity contribution in [3.8, 4) is 5.75 Å². The fraction of sp³-hybridized carbons (Fsp3) is 0.444. The molecule has 1 aliphatic rings. The molecule has 9 nitrogen and oxygen atoms in total. The summed E-state index contributed by atoms with van der Waals surface area (Å²) in [4.78, 5) is 38.1. The van der Waals surface area contributed by atoms with Crippen molar-refractivity contribution < 1.29 is 46.9 Å². The highest BCUT2D eigenvalue weighted by Crippen LogP contribution is 2.40. The largest absolute Gasteiger partial charge is 0.475 e. The molecule has 1 heterocycles. The molecule has 1 aromatic rings. The Labute approximate surface area is 182 Å². The van der Waals surface area contributed by atoms with Gasteiger partial charge in [0.1, 0.15) is 5.75 Å². The maximum Gasteiger partial charge on any atom is 0.430 e. The van der Waals surface area contributed by atoms with Gasteiger partial charge in [-0.2, -0.15) is 13.2 Å². The summed E-state index contributed by atoms with van der Waals surface area (Å²) in [7, 11) is 0. The van der Waals surface area contributed by atoms with Gasteiger partial charge in [-0.25, -0.2) is 4.79 Å². The monoisotopic (exact) mass is 511 g/mol. The van der Waals surface area contributed by atoms with Crippen LogP contribution in [-0.2, 0) is 23.9 Å². The fourth-order valence-electron chi connectivity index (χ4n) is 2.70. The molecule has 170 valence electrons. The van der Waals surface area contributed by atoms with E-state index in [1.807, 2.05) is 0 Å². The van der Waals surface area contributed by atoms with Crippen LogP contribution >= 0.6 is 15.9 Å². The standard InChI is InChI=1S/C18H17BrF3NO8/c1-9-6-12(19)7-11-8-13(16(18(20,21)22)31-15(9)11)17(25)30-10(2)29-14(24)4-3-5-28-23(26)27/h6-8,10,16H,3-5H2,1-2H3. The first-order valence-corrected chi connectivity index (χ1v) is 9.60. The number of carbonyl (C=O) groups excluding carboxylic acids is 2. The van der Waals surface area contributed by atoms with Gasteiger partial charge in [0.2, 0.25) is 12.4 Å². The molecule has 0 fully saturated rings. The average molecular weight is 512 g/mol. The van der Waals surface area contributed by atoms with Crippen LogP contribution in [0.2, 0.25) is 0 Å². The zero-order valence-corrected chi connectivity index (χ0v) is 17.8. The van der Waals surface area contributed by atoms with Crippen LogP contribution in [0.15, 0.2) is 22.2 Å². The number of ether oxygens (including phenoxy) is 3. The minimum Gasteiger partial charge on any atom is -0.475 e. The number of benzene rings is 1. The maximum absolute atomic E-state index is 13.5. The summed E-state index contributed by atoms with van der Waals surface area (Å²) >= 11 is 3.23. The van der Waals surface area contributed by atoms with E-state index in [9.17, 15) is 32.9 Å². The molecular weight excluding hydrogens is 495 g/mol. The lowest BCUT2D eigenvalue weighted by Gasteiger charge is -2.29. The molecule has 0 N–H and O–H groups in total. The molecule has 0 aliphatic carbocycles. The highest BCUT2D eigenvalue weighted by atomic mass is 79.9. The van der Waals surface area contributed by atoms with Crippen molar-refractivity contribution in [3.63, 3.8) is 0 Å². The molecule has 0 saturated heterocycles. The van der Waals surface area contributed by atoms with Crippen molar-refractivity contribution in [2.45, 2.75) is 45.3 Å². The number of aryl methyl sites for hydroxylation is 1. The first-order chi connectivity index (χ1) is 14.4. The maximum atomic E-state index is 13.5. The van der Waals surface area contributed by atoms with E-state index in [2.05, 4.69) is 20.8 Å². The molecule has 0 spiro atoms.